The number of ether oxygens (including phenoxy) is 1. The largest absolute Gasteiger partial charge is 0.451 e. The zero-order valence-electron chi connectivity index (χ0n) is 12.0. The van der Waals surface area contributed by atoms with E-state index in [-0.39, 0.29) is 24.2 Å². The van der Waals surface area contributed by atoms with E-state index in [4.69, 9.17) is 10.5 Å². The number of aromatic nitrogens is 1. The number of amides is 1. The molecule has 0 atom stereocenters. The van der Waals surface area contributed by atoms with Gasteiger partial charge in [-0.3, -0.25) is 4.79 Å². The number of nitrogens with two attached hydrogens (primary N) is 1. The second-order valence-electron chi connectivity index (χ2n) is 5.31. The summed E-state index contributed by atoms with van der Waals surface area (Å²) in [6, 6.07) is 3.24. The third kappa shape index (κ3) is 5.06. The van der Waals surface area contributed by atoms with Crippen LogP contribution in [-0.4, -0.2) is 29.5 Å². The SMILES string of the molecule is Nc1ccc(C(=O)OCC(=O)NC2CCCCCC2)nc1. The van der Waals surface area contributed by atoms with Crippen molar-refractivity contribution in [2.75, 3.05) is 12.3 Å². The van der Waals surface area contributed by atoms with Gasteiger partial charge >= 0.3 is 5.97 Å². The van der Waals surface area contributed by atoms with E-state index >= 15 is 0 Å². The van der Waals surface area contributed by atoms with Crippen LogP contribution in [0.4, 0.5) is 5.69 Å². The Labute approximate surface area is 124 Å². The van der Waals surface area contributed by atoms with E-state index in [9.17, 15) is 9.59 Å². The molecule has 6 nitrogen and oxygen atoms in total. The lowest BCUT2D eigenvalue weighted by Crippen LogP contribution is -2.37. The van der Waals surface area contributed by atoms with Gasteiger partial charge in [0, 0.05) is 6.04 Å². The van der Waals surface area contributed by atoms with E-state index < -0.39 is 5.97 Å². The predicted molar refractivity (Wildman–Crippen MR) is 78.6 cm³/mol. The maximum atomic E-state index is 11.8. The van der Waals surface area contributed by atoms with E-state index in [2.05, 4.69) is 10.3 Å². The van der Waals surface area contributed by atoms with E-state index in [1.54, 1.807) is 6.07 Å². The van der Waals surface area contributed by atoms with Crippen molar-refractivity contribution in [1.29, 1.82) is 0 Å². The average molecular weight is 291 g/mol. The van der Waals surface area contributed by atoms with Gasteiger partial charge in [-0.2, -0.15) is 0 Å². The van der Waals surface area contributed by atoms with Crippen LogP contribution >= 0.6 is 0 Å². The number of nitrogens with one attached hydrogen (secondary N) is 1. The number of rotatable bonds is 4. The summed E-state index contributed by atoms with van der Waals surface area (Å²) in [5.41, 5.74) is 6.10. The van der Waals surface area contributed by atoms with Crippen LogP contribution in [0, 0.1) is 0 Å². The van der Waals surface area contributed by atoms with Crippen molar-refractivity contribution in [3.05, 3.63) is 24.0 Å². The highest BCUT2D eigenvalue weighted by molar-refractivity contribution is 5.89. The molecule has 0 unspecified atom stereocenters. The van der Waals surface area contributed by atoms with Gasteiger partial charge in [0.15, 0.2) is 6.61 Å². The average Bonchev–Trinajstić information content (AvgIpc) is 2.74. The molecule has 1 aromatic rings. The second kappa shape index (κ2) is 7.61. The van der Waals surface area contributed by atoms with Gasteiger partial charge in [0.25, 0.3) is 5.91 Å². The Morgan fingerprint density at radius 1 is 1.24 bits per heavy atom. The number of nitrogen functional groups attached to an aromatic ring is 1. The number of nitrogens with zero attached hydrogens (tertiary/aromatic N) is 1. The summed E-state index contributed by atoms with van der Waals surface area (Å²) in [6.07, 6.45) is 8.11. The van der Waals surface area contributed by atoms with Crippen LogP contribution in [0.2, 0.25) is 0 Å². The Morgan fingerprint density at radius 3 is 2.57 bits per heavy atom. The van der Waals surface area contributed by atoms with Crippen LogP contribution in [0.5, 0.6) is 0 Å². The molecule has 0 aromatic carbocycles. The minimum atomic E-state index is -0.619. The second-order valence-corrected chi connectivity index (χ2v) is 5.31. The highest BCUT2D eigenvalue weighted by Crippen LogP contribution is 2.17. The molecule has 114 valence electrons. The van der Waals surface area contributed by atoms with Gasteiger partial charge in [-0.25, -0.2) is 9.78 Å². The number of pyridine rings is 1. The highest BCUT2D eigenvalue weighted by atomic mass is 16.5. The first-order valence-corrected chi connectivity index (χ1v) is 7.33. The molecule has 21 heavy (non-hydrogen) atoms. The van der Waals surface area contributed by atoms with Crippen LogP contribution in [0.25, 0.3) is 0 Å². The van der Waals surface area contributed by atoms with Crippen molar-refractivity contribution in [2.45, 2.75) is 44.6 Å². The van der Waals surface area contributed by atoms with Gasteiger partial charge in [-0.05, 0) is 25.0 Å². The fourth-order valence-corrected chi connectivity index (χ4v) is 2.42. The fraction of sp³-hybridized carbons (Fsp3) is 0.533. The standard InChI is InChI=1S/C15H21N3O3/c16-11-7-8-13(17-9-11)15(20)21-10-14(19)18-12-5-3-1-2-4-6-12/h7-9,12H,1-6,10,16H2,(H,18,19). The smallest absolute Gasteiger partial charge is 0.357 e. The van der Waals surface area contributed by atoms with Crippen LogP contribution in [0.1, 0.15) is 49.0 Å². The van der Waals surface area contributed by atoms with Gasteiger partial charge in [0.1, 0.15) is 5.69 Å². The first kappa shape index (κ1) is 15.3. The van der Waals surface area contributed by atoms with Gasteiger partial charge in [0.05, 0.1) is 11.9 Å². The Morgan fingerprint density at radius 2 is 1.95 bits per heavy atom. The van der Waals surface area contributed by atoms with Crippen molar-refractivity contribution in [1.82, 2.24) is 10.3 Å². The maximum absolute atomic E-state index is 11.8. The Bertz CT molecular complexity index is 479. The van der Waals surface area contributed by atoms with Crippen molar-refractivity contribution in [2.24, 2.45) is 0 Å². The summed E-state index contributed by atoms with van der Waals surface area (Å²) in [6.45, 7) is -0.276. The molecule has 3 N–H and O–H groups in total. The van der Waals surface area contributed by atoms with Gasteiger partial charge in [-0.15, -0.1) is 0 Å². The number of hydrogen-bond acceptors (Lipinski definition) is 5. The summed E-state index contributed by atoms with van der Waals surface area (Å²) in [5, 5.41) is 2.92. The lowest BCUT2D eigenvalue weighted by Gasteiger charge is -2.16. The van der Waals surface area contributed by atoms with Crippen molar-refractivity contribution in [3.63, 3.8) is 0 Å². The van der Waals surface area contributed by atoms with Crippen LogP contribution in [-0.2, 0) is 9.53 Å². The first-order chi connectivity index (χ1) is 10.1. The number of carbonyl (C=O) groups is 2. The lowest BCUT2D eigenvalue weighted by atomic mass is 10.1. The van der Waals surface area contributed by atoms with E-state index in [0.29, 0.717) is 5.69 Å². The molecule has 6 heteroatoms. The van der Waals surface area contributed by atoms with E-state index in [1.165, 1.54) is 25.1 Å². The van der Waals surface area contributed by atoms with Crippen LogP contribution in [0.15, 0.2) is 18.3 Å². The molecule has 0 aliphatic heterocycles. The normalized spacial score (nSPS) is 16.0. The van der Waals surface area contributed by atoms with Gasteiger partial charge in [0.2, 0.25) is 0 Å². The molecule has 0 saturated heterocycles. The quantitative estimate of drug-likeness (QED) is 0.650. The third-order valence-corrected chi connectivity index (χ3v) is 3.55. The molecule has 1 amide bonds. The van der Waals surface area contributed by atoms with Crippen molar-refractivity contribution < 1.29 is 14.3 Å². The van der Waals surface area contributed by atoms with Gasteiger partial charge in [-0.1, -0.05) is 25.7 Å². The number of esters is 1. The highest BCUT2D eigenvalue weighted by Gasteiger charge is 2.16. The summed E-state index contributed by atoms with van der Waals surface area (Å²) < 4.78 is 4.95. The molecule has 1 fully saturated rings. The molecule has 1 heterocycles. The Hall–Kier alpha value is -2.11. The van der Waals surface area contributed by atoms with Crippen molar-refractivity contribution in [3.8, 4) is 0 Å². The zero-order chi connectivity index (χ0) is 15.1. The van der Waals surface area contributed by atoms with Crippen LogP contribution < -0.4 is 11.1 Å². The Kier molecular flexibility index (Phi) is 5.54. The van der Waals surface area contributed by atoms with Crippen LogP contribution in [0.3, 0.4) is 0 Å². The molecular formula is C15H21N3O3. The monoisotopic (exact) mass is 291 g/mol. The minimum absolute atomic E-state index is 0.145. The molecule has 1 aromatic heterocycles. The molecule has 2 rings (SSSR count). The maximum Gasteiger partial charge on any atom is 0.357 e. The first-order valence-electron chi connectivity index (χ1n) is 7.33. The fourth-order valence-electron chi connectivity index (χ4n) is 2.42. The van der Waals surface area contributed by atoms with E-state index in [1.807, 2.05) is 0 Å². The van der Waals surface area contributed by atoms with Crippen molar-refractivity contribution >= 4 is 17.6 Å². The number of carbonyl (C=O) groups excluding carboxylic acids is 2. The summed E-state index contributed by atoms with van der Waals surface area (Å²) in [5.74, 6) is -0.878. The Balaban J connectivity index is 1.75. The predicted octanol–water partition coefficient (Wildman–Crippen LogP) is 1.66. The zero-order valence-corrected chi connectivity index (χ0v) is 12.0. The summed E-state index contributed by atoms with van der Waals surface area (Å²) >= 11 is 0. The molecule has 1 aliphatic rings. The van der Waals surface area contributed by atoms with E-state index in [0.717, 1.165) is 25.7 Å². The molecule has 1 saturated carbocycles. The third-order valence-electron chi connectivity index (χ3n) is 3.55. The lowest BCUT2D eigenvalue weighted by molar-refractivity contribution is -0.125. The molecule has 0 bridgehead atoms. The number of hydrogen-bond donors (Lipinski definition) is 2. The topological polar surface area (TPSA) is 94.3 Å². The molecule has 1 aliphatic carbocycles. The molecular weight excluding hydrogens is 270 g/mol. The minimum Gasteiger partial charge on any atom is -0.451 e. The summed E-state index contributed by atoms with van der Waals surface area (Å²) in [7, 11) is 0. The number of anilines is 1. The van der Waals surface area contributed by atoms with Gasteiger partial charge < -0.3 is 15.8 Å². The molecule has 0 spiro atoms. The summed E-state index contributed by atoms with van der Waals surface area (Å²) in [4.78, 5) is 27.3. The molecule has 0 radical (unpaired) electrons.